The third-order valence-electron chi connectivity index (χ3n) is 2.77. The minimum absolute atomic E-state index is 0.437. The van der Waals surface area contributed by atoms with E-state index < -0.39 is 0 Å². The highest BCUT2D eigenvalue weighted by Gasteiger charge is 2.11. The fraction of sp³-hybridized carbons (Fsp3) is 0.571. The summed E-state index contributed by atoms with van der Waals surface area (Å²) in [5.41, 5.74) is 6.53. The molecule has 0 aliphatic rings. The van der Waals surface area contributed by atoms with Gasteiger partial charge in [-0.05, 0) is 24.1 Å². The first kappa shape index (κ1) is 15.1. The number of ether oxygens (including phenoxy) is 2. The summed E-state index contributed by atoms with van der Waals surface area (Å²) in [5.74, 6) is 1.27. The first-order valence-electron chi connectivity index (χ1n) is 6.42. The van der Waals surface area contributed by atoms with Crippen LogP contribution in [0.5, 0.6) is 11.5 Å². The van der Waals surface area contributed by atoms with Gasteiger partial charge in [0.1, 0.15) is 0 Å². The van der Waals surface area contributed by atoms with Crippen LogP contribution < -0.4 is 15.2 Å². The van der Waals surface area contributed by atoms with Crippen molar-refractivity contribution in [3.8, 4) is 11.5 Å². The average Bonchev–Trinajstić information content (AvgIpc) is 2.39. The number of hydrogen-bond donors (Lipinski definition) is 1. The molecule has 18 heavy (non-hydrogen) atoms. The van der Waals surface area contributed by atoms with Crippen molar-refractivity contribution in [2.75, 3.05) is 13.7 Å². The maximum absolute atomic E-state index is 6.17. The van der Waals surface area contributed by atoms with E-state index in [1.54, 1.807) is 7.11 Å². The number of halogens is 1. The van der Waals surface area contributed by atoms with Crippen molar-refractivity contribution in [3.05, 3.63) is 22.7 Å². The highest BCUT2D eigenvalue weighted by Crippen LogP contribution is 2.36. The SMILES string of the molecule is CCCCCCOc1c(Cl)cc(CN)cc1OC. The van der Waals surface area contributed by atoms with Crippen LogP contribution in [0.25, 0.3) is 0 Å². The summed E-state index contributed by atoms with van der Waals surface area (Å²) in [6.45, 7) is 3.29. The molecule has 0 fully saturated rings. The Bertz CT molecular complexity index is 369. The summed E-state index contributed by atoms with van der Waals surface area (Å²) in [6.07, 6.45) is 4.67. The predicted octanol–water partition coefficient (Wildman–Crippen LogP) is 3.77. The molecule has 3 nitrogen and oxygen atoms in total. The standard InChI is InChI=1S/C14H22ClNO2/c1-3-4-5-6-7-18-14-12(15)8-11(10-16)9-13(14)17-2/h8-9H,3-7,10,16H2,1-2H3. The predicted molar refractivity (Wildman–Crippen MR) is 75.5 cm³/mol. The van der Waals surface area contributed by atoms with Gasteiger partial charge < -0.3 is 15.2 Å². The van der Waals surface area contributed by atoms with Gasteiger partial charge in [-0.2, -0.15) is 0 Å². The van der Waals surface area contributed by atoms with Gasteiger partial charge in [-0.3, -0.25) is 0 Å². The number of rotatable bonds is 8. The third-order valence-corrected chi connectivity index (χ3v) is 3.05. The van der Waals surface area contributed by atoms with Crippen LogP contribution in [-0.2, 0) is 6.54 Å². The summed E-state index contributed by atoms with van der Waals surface area (Å²) in [5, 5.41) is 0.560. The van der Waals surface area contributed by atoms with Gasteiger partial charge in [-0.25, -0.2) is 0 Å². The maximum Gasteiger partial charge on any atom is 0.179 e. The van der Waals surface area contributed by atoms with E-state index in [1.807, 2.05) is 12.1 Å². The van der Waals surface area contributed by atoms with Crippen molar-refractivity contribution < 1.29 is 9.47 Å². The number of unbranched alkanes of at least 4 members (excludes halogenated alkanes) is 3. The Kier molecular flexibility index (Phi) is 6.91. The molecule has 4 heteroatoms. The molecule has 0 saturated heterocycles. The maximum atomic E-state index is 6.17. The Morgan fingerprint density at radius 3 is 2.61 bits per heavy atom. The monoisotopic (exact) mass is 271 g/mol. The molecule has 0 heterocycles. The number of nitrogens with two attached hydrogens (primary N) is 1. The van der Waals surface area contributed by atoms with Crippen molar-refractivity contribution in [3.63, 3.8) is 0 Å². The lowest BCUT2D eigenvalue weighted by atomic mass is 10.2. The number of methoxy groups -OCH3 is 1. The molecule has 1 rings (SSSR count). The Hall–Kier alpha value is -0.930. The van der Waals surface area contributed by atoms with Crippen molar-refractivity contribution in [2.24, 2.45) is 5.73 Å². The van der Waals surface area contributed by atoms with E-state index in [0.717, 1.165) is 12.0 Å². The van der Waals surface area contributed by atoms with Crippen molar-refractivity contribution in [1.82, 2.24) is 0 Å². The molecule has 0 saturated carbocycles. The van der Waals surface area contributed by atoms with Crippen LogP contribution >= 0.6 is 11.6 Å². The lowest BCUT2D eigenvalue weighted by Gasteiger charge is -2.13. The molecule has 0 radical (unpaired) electrons. The molecule has 0 atom stereocenters. The van der Waals surface area contributed by atoms with E-state index in [2.05, 4.69) is 6.92 Å². The van der Waals surface area contributed by atoms with Crippen molar-refractivity contribution in [1.29, 1.82) is 0 Å². The van der Waals surface area contributed by atoms with Crippen LogP contribution in [0.1, 0.15) is 38.2 Å². The molecule has 1 aromatic rings. The largest absolute Gasteiger partial charge is 0.493 e. The van der Waals surface area contributed by atoms with Crippen LogP contribution in [0.4, 0.5) is 0 Å². The summed E-state index contributed by atoms with van der Waals surface area (Å²) in [7, 11) is 1.61. The molecule has 0 unspecified atom stereocenters. The first-order chi connectivity index (χ1) is 8.72. The van der Waals surface area contributed by atoms with E-state index >= 15 is 0 Å². The number of hydrogen-bond acceptors (Lipinski definition) is 3. The van der Waals surface area contributed by atoms with E-state index in [9.17, 15) is 0 Å². The quantitative estimate of drug-likeness (QED) is 0.732. The molecule has 2 N–H and O–H groups in total. The highest BCUT2D eigenvalue weighted by molar-refractivity contribution is 6.32. The zero-order chi connectivity index (χ0) is 13.4. The van der Waals surface area contributed by atoms with Gasteiger partial charge >= 0.3 is 0 Å². The molecular formula is C14H22ClNO2. The third kappa shape index (κ3) is 4.39. The second-order valence-electron chi connectivity index (χ2n) is 4.22. The summed E-state index contributed by atoms with van der Waals surface area (Å²) >= 11 is 6.17. The van der Waals surface area contributed by atoms with Crippen molar-refractivity contribution in [2.45, 2.75) is 39.2 Å². The molecule has 0 bridgehead atoms. The summed E-state index contributed by atoms with van der Waals surface area (Å²) < 4.78 is 11.0. The number of benzene rings is 1. The van der Waals surface area contributed by atoms with Crippen LogP contribution in [0.3, 0.4) is 0 Å². The molecular weight excluding hydrogens is 250 g/mol. The van der Waals surface area contributed by atoms with E-state index in [-0.39, 0.29) is 0 Å². The zero-order valence-electron chi connectivity index (χ0n) is 11.2. The fourth-order valence-electron chi connectivity index (χ4n) is 1.73. The molecule has 0 aliphatic heterocycles. The van der Waals surface area contributed by atoms with Gasteiger partial charge in [0.15, 0.2) is 11.5 Å². The Morgan fingerprint density at radius 2 is 2.00 bits per heavy atom. The van der Waals surface area contributed by atoms with Crippen molar-refractivity contribution >= 4 is 11.6 Å². The molecule has 102 valence electrons. The Labute approximate surface area is 114 Å². The smallest absolute Gasteiger partial charge is 0.179 e. The minimum atomic E-state index is 0.437. The summed E-state index contributed by atoms with van der Waals surface area (Å²) in [4.78, 5) is 0. The highest BCUT2D eigenvalue weighted by atomic mass is 35.5. The minimum Gasteiger partial charge on any atom is -0.493 e. The Balaban J connectivity index is 2.63. The molecule has 0 aromatic heterocycles. The molecule has 0 spiro atoms. The van der Waals surface area contributed by atoms with Gasteiger partial charge in [0.05, 0.1) is 18.7 Å². The average molecular weight is 272 g/mol. The van der Waals surface area contributed by atoms with Gasteiger partial charge in [-0.1, -0.05) is 37.8 Å². The fourth-order valence-corrected chi connectivity index (χ4v) is 2.02. The van der Waals surface area contributed by atoms with Crippen LogP contribution in [0, 0.1) is 0 Å². The van der Waals surface area contributed by atoms with Gasteiger partial charge in [0.2, 0.25) is 0 Å². The normalized spacial score (nSPS) is 10.4. The van der Waals surface area contributed by atoms with E-state index in [1.165, 1.54) is 19.3 Å². The van der Waals surface area contributed by atoms with Gasteiger partial charge in [-0.15, -0.1) is 0 Å². The van der Waals surface area contributed by atoms with Crippen LogP contribution in [0.15, 0.2) is 12.1 Å². The van der Waals surface area contributed by atoms with Crippen LogP contribution in [0.2, 0.25) is 5.02 Å². The van der Waals surface area contributed by atoms with Crippen LogP contribution in [-0.4, -0.2) is 13.7 Å². The first-order valence-corrected chi connectivity index (χ1v) is 6.80. The molecule has 0 amide bonds. The zero-order valence-corrected chi connectivity index (χ0v) is 11.9. The van der Waals surface area contributed by atoms with Gasteiger partial charge in [0, 0.05) is 6.54 Å². The van der Waals surface area contributed by atoms with Gasteiger partial charge in [0.25, 0.3) is 0 Å². The molecule has 1 aromatic carbocycles. The second kappa shape index (κ2) is 8.22. The second-order valence-corrected chi connectivity index (χ2v) is 4.63. The Morgan fingerprint density at radius 1 is 1.22 bits per heavy atom. The lowest BCUT2D eigenvalue weighted by Crippen LogP contribution is -2.02. The lowest BCUT2D eigenvalue weighted by molar-refractivity contribution is 0.285. The molecule has 0 aliphatic carbocycles. The van der Waals surface area contributed by atoms with E-state index in [0.29, 0.717) is 29.7 Å². The van der Waals surface area contributed by atoms with E-state index in [4.69, 9.17) is 26.8 Å². The summed E-state index contributed by atoms with van der Waals surface area (Å²) in [6, 6.07) is 3.69. The topological polar surface area (TPSA) is 44.5 Å².